The fourth-order valence-electron chi connectivity index (χ4n) is 3.29. The number of esters is 1. The molecule has 3 rings (SSSR count). The smallest absolute Gasteiger partial charge is 0.328 e. The van der Waals surface area contributed by atoms with E-state index in [4.69, 9.17) is 4.74 Å². The predicted molar refractivity (Wildman–Crippen MR) is 111 cm³/mol. The fourth-order valence-corrected chi connectivity index (χ4v) is 3.29. The molecule has 6 heteroatoms. The van der Waals surface area contributed by atoms with Crippen molar-refractivity contribution in [3.8, 4) is 11.3 Å². The minimum atomic E-state index is -0.790. The molecule has 0 bridgehead atoms. The molecule has 150 valence electrons. The van der Waals surface area contributed by atoms with E-state index in [-0.39, 0.29) is 12.3 Å². The van der Waals surface area contributed by atoms with E-state index in [9.17, 15) is 9.59 Å². The van der Waals surface area contributed by atoms with Gasteiger partial charge in [-0.1, -0.05) is 60.2 Å². The standard InChI is InChI=1S/C23H25N3O3/c1-16-9-11-19(12-10-16)22-20(13-21(23(28)29-3)25-17(2)27)24-15-26(22)14-18-7-5-4-6-8-18/h4-12,15,21H,13-14H2,1-3H3,(H,25,27). The Hall–Kier alpha value is -3.41. The molecule has 0 aliphatic carbocycles. The van der Waals surface area contributed by atoms with Gasteiger partial charge in [-0.3, -0.25) is 4.79 Å². The van der Waals surface area contributed by atoms with Gasteiger partial charge in [-0.15, -0.1) is 0 Å². The second-order valence-electron chi connectivity index (χ2n) is 7.00. The number of carbonyl (C=O) groups excluding carboxylic acids is 2. The molecule has 1 atom stereocenters. The van der Waals surface area contributed by atoms with Crippen LogP contribution in [0.25, 0.3) is 11.3 Å². The lowest BCUT2D eigenvalue weighted by molar-refractivity contribution is -0.144. The Bertz CT molecular complexity index is 978. The largest absolute Gasteiger partial charge is 0.467 e. The Morgan fingerprint density at radius 1 is 1.10 bits per heavy atom. The van der Waals surface area contributed by atoms with E-state index in [1.54, 1.807) is 6.33 Å². The SMILES string of the molecule is COC(=O)C(Cc1ncn(Cc2ccccc2)c1-c1ccc(C)cc1)NC(C)=O. The van der Waals surface area contributed by atoms with Crippen LogP contribution in [0.3, 0.4) is 0 Å². The van der Waals surface area contributed by atoms with Crippen molar-refractivity contribution in [2.45, 2.75) is 32.9 Å². The minimum Gasteiger partial charge on any atom is -0.467 e. The topological polar surface area (TPSA) is 73.2 Å². The van der Waals surface area contributed by atoms with Gasteiger partial charge >= 0.3 is 5.97 Å². The highest BCUT2D eigenvalue weighted by atomic mass is 16.5. The Labute approximate surface area is 170 Å². The highest BCUT2D eigenvalue weighted by Gasteiger charge is 2.24. The van der Waals surface area contributed by atoms with Gasteiger partial charge < -0.3 is 14.6 Å². The Balaban J connectivity index is 2.00. The number of benzene rings is 2. The molecule has 1 aromatic heterocycles. The van der Waals surface area contributed by atoms with Crippen molar-refractivity contribution < 1.29 is 14.3 Å². The van der Waals surface area contributed by atoms with Crippen LogP contribution in [0.4, 0.5) is 0 Å². The second-order valence-corrected chi connectivity index (χ2v) is 7.00. The number of aromatic nitrogens is 2. The first-order valence-electron chi connectivity index (χ1n) is 9.48. The number of nitrogens with zero attached hydrogens (tertiary/aromatic N) is 2. The van der Waals surface area contributed by atoms with Gasteiger partial charge in [-0.2, -0.15) is 0 Å². The zero-order valence-corrected chi connectivity index (χ0v) is 16.9. The molecular weight excluding hydrogens is 366 g/mol. The average molecular weight is 391 g/mol. The van der Waals surface area contributed by atoms with Crippen LogP contribution in [0.2, 0.25) is 0 Å². The number of imidazole rings is 1. The molecular formula is C23H25N3O3. The van der Waals surface area contributed by atoms with Crippen molar-refractivity contribution in [1.29, 1.82) is 0 Å². The number of rotatable bonds is 7. The number of ether oxygens (including phenoxy) is 1. The third-order valence-corrected chi connectivity index (χ3v) is 4.69. The van der Waals surface area contributed by atoms with Gasteiger partial charge in [0.05, 0.1) is 24.8 Å². The molecule has 0 spiro atoms. The molecule has 0 fully saturated rings. The van der Waals surface area contributed by atoms with E-state index in [0.29, 0.717) is 6.54 Å². The number of nitrogens with one attached hydrogen (secondary N) is 1. The maximum atomic E-state index is 12.2. The molecule has 29 heavy (non-hydrogen) atoms. The van der Waals surface area contributed by atoms with Gasteiger partial charge in [0, 0.05) is 25.5 Å². The lowest BCUT2D eigenvalue weighted by Gasteiger charge is -2.16. The summed E-state index contributed by atoms with van der Waals surface area (Å²) in [6.45, 7) is 4.07. The highest BCUT2D eigenvalue weighted by molar-refractivity contribution is 5.83. The van der Waals surface area contributed by atoms with Crippen LogP contribution in [0, 0.1) is 6.92 Å². The lowest BCUT2D eigenvalue weighted by Crippen LogP contribution is -2.42. The molecule has 2 aromatic carbocycles. The summed E-state index contributed by atoms with van der Waals surface area (Å²) in [7, 11) is 1.31. The Morgan fingerprint density at radius 3 is 2.41 bits per heavy atom. The van der Waals surface area contributed by atoms with Crippen LogP contribution < -0.4 is 5.32 Å². The minimum absolute atomic E-state index is 0.247. The molecule has 0 radical (unpaired) electrons. The molecule has 6 nitrogen and oxygen atoms in total. The molecule has 1 amide bonds. The maximum Gasteiger partial charge on any atom is 0.328 e. The van der Waals surface area contributed by atoms with E-state index >= 15 is 0 Å². The number of hydrogen-bond acceptors (Lipinski definition) is 4. The Kier molecular flexibility index (Phi) is 6.44. The quantitative estimate of drug-likeness (QED) is 0.628. The van der Waals surface area contributed by atoms with Crippen molar-refractivity contribution in [1.82, 2.24) is 14.9 Å². The molecule has 0 aliphatic heterocycles. The third-order valence-electron chi connectivity index (χ3n) is 4.69. The summed E-state index contributed by atoms with van der Waals surface area (Å²) < 4.78 is 6.93. The van der Waals surface area contributed by atoms with Crippen molar-refractivity contribution in [3.05, 3.63) is 77.7 Å². The summed E-state index contributed by atoms with van der Waals surface area (Å²) in [5, 5.41) is 2.66. The Morgan fingerprint density at radius 2 is 1.79 bits per heavy atom. The van der Waals surface area contributed by atoms with Gasteiger partial charge in [0.2, 0.25) is 5.91 Å². The summed E-state index contributed by atoms with van der Waals surface area (Å²) in [5.74, 6) is -0.784. The second kappa shape index (κ2) is 9.19. The highest BCUT2D eigenvalue weighted by Crippen LogP contribution is 2.26. The van der Waals surface area contributed by atoms with Gasteiger partial charge in [0.15, 0.2) is 0 Å². The number of carbonyl (C=O) groups is 2. The first-order chi connectivity index (χ1) is 14.0. The molecule has 0 saturated heterocycles. The molecule has 1 N–H and O–H groups in total. The van der Waals surface area contributed by atoms with E-state index in [1.165, 1.54) is 14.0 Å². The predicted octanol–water partition coefficient (Wildman–Crippen LogP) is 3.13. The van der Waals surface area contributed by atoms with E-state index < -0.39 is 12.0 Å². The lowest BCUT2D eigenvalue weighted by atomic mass is 10.0. The van der Waals surface area contributed by atoms with Crippen LogP contribution in [0.15, 0.2) is 60.9 Å². The monoisotopic (exact) mass is 391 g/mol. The van der Waals surface area contributed by atoms with Gasteiger partial charge in [0.1, 0.15) is 6.04 Å². The van der Waals surface area contributed by atoms with Crippen molar-refractivity contribution in [2.24, 2.45) is 0 Å². The average Bonchev–Trinajstić information content (AvgIpc) is 3.10. The van der Waals surface area contributed by atoms with Crippen LogP contribution in [-0.4, -0.2) is 34.6 Å². The summed E-state index contributed by atoms with van der Waals surface area (Å²) in [4.78, 5) is 28.3. The summed E-state index contributed by atoms with van der Waals surface area (Å²) in [6, 6.07) is 17.5. The van der Waals surface area contributed by atoms with Gasteiger partial charge in [0.25, 0.3) is 0 Å². The third kappa shape index (κ3) is 5.10. The molecule has 1 unspecified atom stereocenters. The number of aryl methyl sites for hydroxylation is 1. The normalized spacial score (nSPS) is 11.7. The number of methoxy groups -OCH3 is 1. The van der Waals surface area contributed by atoms with Crippen LogP contribution in [0.1, 0.15) is 23.7 Å². The molecule has 0 saturated carbocycles. The van der Waals surface area contributed by atoms with E-state index in [0.717, 1.165) is 28.1 Å². The first-order valence-corrected chi connectivity index (χ1v) is 9.48. The van der Waals surface area contributed by atoms with E-state index in [1.807, 2.05) is 49.4 Å². The first kappa shape index (κ1) is 20.3. The van der Waals surface area contributed by atoms with Crippen molar-refractivity contribution in [2.75, 3.05) is 7.11 Å². The zero-order valence-electron chi connectivity index (χ0n) is 16.9. The van der Waals surface area contributed by atoms with E-state index in [2.05, 4.69) is 27.0 Å². The van der Waals surface area contributed by atoms with Crippen molar-refractivity contribution in [3.63, 3.8) is 0 Å². The summed E-state index contributed by atoms with van der Waals surface area (Å²) in [6.07, 6.45) is 2.02. The van der Waals surface area contributed by atoms with Crippen LogP contribution >= 0.6 is 0 Å². The molecule has 1 heterocycles. The van der Waals surface area contributed by atoms with Gasteiger partial charge in [-0.05, 0) is 12.5 Å². The summed E-state index contributed by atoms with van der Waals surface area (Å²) in [5.41, 5.74) is 4.97. The molecule has 0 aliphatic rings. The number of amides is 1. The van der Waals surface area contributed by atoms with Crippen LogP contribution in [-0.2, 0) is 27.3 Å². The fraction of sp³-hybridized carbons (Fsp3) is 0.261. The zero-order chi connectivity index (χ0) is 20.8. The molecule has 3 aromatic rings. The maximum absolute atomic E-state index is 12.2. The number of hydrogen-bond donors (Lipinski definition) is 1. The summed E-state index contributed by atoms with van der Waals surface area (Å²) >= 11 is 0. The van der Waals surface area contributed by atoms with Gasteiger partial charge in [-0.25, -0.2) is 9.78 Å². The van der Waals surface area contributed by atoms with Crippen LogP contribution in [0.5, 0.6) is 0 Å². The van der Waals surface area contributed by atoms with Crippen molar-refractivity contribution >= 4 is 11.9 Å².